The van der Waals surface area contributed by atoms with Crippen LogP contribution in [0.15, 0.2) is 29.2 Å². The maximum Gasteiger partial charge on any atom is 0.303 e. The molecule has 0 unspecified atom stereocenters. The van der Waals surface area contributed by atoms with Crippen molar-refractivity contribution in [2.24, 2.45) is 0 Å². The highest BCUT2D eigenvalue weighted by Gasteiger charge is 2.56. The van der Waals surface area contributed by atoms with Crippen molar-refractivity contribution in [1.82, 2.24) is 0 Å². The molecule has 1 fully saturated rings. The van der Waals surface area contributed by atoms with E-state index in [0.29, 0.717) is 5.56 Å². The molecule has 1 aromatic carbocycles. The van der Waals surface area contributed by atoms with Gasteiger partial charge in [-0.05, 0) is 18.6 Å². The number of aryl methyl sites for hydroxylation is 1. The first kappa shape index (κ1) is 26.3. The van der Waals surface area contributed by atoms with E-state index in [1.165, 1.54) is 12.1 Å². The third-order valence-electron chi connectivity index (χ3n) is 4.65. The fourth-order valence-corrected chi connectivity index (χ4v) is 5.33. The van der Waals surface area contributed by atoms with E-state index in [1.807, 2.05) is 0 Å². The van der Waals surface area contributed by atoms with E-state index in [2.05, 4.69) is 0 Å². The van der Waals surface area contributed by atoms with Crippen LogP contribution >= 0.6 is 0 Å². The van der Waals surface area contributed by atoms with Crippen LogP contribution in [0.2, 0.25) is 0 Å². The predicted molar refractivity (Wildman–Crippen MR) is 110 cm³/mol. The molecular weight excluding hydrogens is 460 g/mol. The van der Waals surface area contributed by atoms with Crippen LogP contribution in [0.25, 0.3) is 0 Å². The number of carbonyl (C=O) groups is 4. The molecule has 1 saturated heterocycles. The molecule has 0 saturated carbocycles. The Morgan fingerprint density at radius 2 is 1.33 bits per heavy atom. The van der Waals surface area contributed by atoms with Gasteiger partial charge in [-0.25, -0.2) is 8.42 Å². The van der Waals surface area contributed by atoms with Gasteiger partial charge in [-0.1, -0.05) is 18.2 Å². The summed E-state index contributed by atoms with van der Waals surface area (Å²) in [5.74, 6) is -3.25. The quantitative estimate of drug-likeness (QED) is 0.399. The Bertz CT molecular complexity index is 1020. The van der Waals surface area contributed by atoms with Crippen LogP contribution in [0.1, 0.15) is 33.3 Å². The van der Waals surface area contributed by atoms with Gasteiger partial charge < -0.3 is 23.7 Å². The van der Waals surface area contributed by atoms with Crippen LogP contribution in [-0.4, -0.2) is 68.8 Å². The van der Waals surface area contributed by atoms with Gasteiger partial charge in [0.15, 0.2) is 18.3 Å². The van der Waals surface area contributed by atoms with Crippen LogP contribution in [0, 0.1) is 6.92 Å². The second-order valence-corrected chi connectivity index (χ2v) is 9.37. The topological polar surface area (TPSA) is 149 Å². The van der Waals surface area contributed by atoms with Gasteiger partial charge in [0, 0.05) is 27.7 Å². The summed E-state index contributed by atoms with van der Waals surface area (Å²) in [7, 11) is -4.35. The maximum absolute atomic E-state index is 13.6. The first-order valence-electron chi connectivity index (χ1n) is 9.94. The lowest BCUT2D eigenvalue weighted by atomic mass is 9.99. The van der Waals surface area contributed by atoms with Crippen LogP contribution in [-0.2, 0) is 52.7 Å². The highest BCUT2D eigenvalue weighted by atomic mass is 32.2. The van der Waals surface area contributed by atoms with Crippen molar-refractivity contribution in [3.05, 3.63) is 29.8 Å². The molecule has 0 spiro atoms. The summed E-state index contributed by atoms with van der Waals surface area (Å²) < 4.78 is 53.6. The summed E-state index contributed by atoms with van der Waals surface area (Å²) in [6.45, 7) is 5.34. The number of sulfone groups is 1. The summed E-state index contributed by atoms with van der Waals surface area (Å²) in [4.78, 5) is 46.7. The molecule has 0 N–H and O–H groups in total. The molecule has 5 atom stereocenters. The highest BCUT2D eigenvalue weighted by Crippen LogP contribution is 2.35. The van der Waals surface area contributed by atoms with Gasteiger partial charge in [0.2, 0.25) is 15.3 Å². The number of ether oxygens (including phenoxy) is 5. The summed E-state index contributed by atoms with van der Waals surface area (Å²) in [5.41, 5.74) is -1.47. The van der Waals surface area contributed by atoms with E-state index in [4.69, 9.17) is 23.7 Å². The van der Waals surface area contributed by atoms with E-state index in [0.717, 1.165) is 27.7 Å². The molecule has 2 rings (SSSR count). The maximum atomic E-state index is 13.6. The third kappa shape index (κ3) is 6.51. The van der Waals surface area contributed by atoms with Crippen molar-refractivity contribution in [3.63, 3.8) is 0 Å². The Labute approximate surface area is 191 Å². The molecule has 0 aliphatic carbocycles. The van der Waals surface area contributed by atoms with Crippen molar-refractivity contribution in [2.45, 2.75) is 69.4 Å². The Hall–Kier alpha value is -2.99. The molecule has 1 aromatic rings. The number of carbonyl (C=O) groups excluding carboxylic acids is 4. The molecule has 0 amide bonds. The molecular formula is C21H26O11S. The molecule has 0 bridgehead atoms. The molecule has 1 aliphatic rings. The number of esters is 4. The summed E-state index contributed by atoms with van der Waals surface area (Å²) >= 11 is 0. The van der Waals surface area contributed by atoms with Gasteiger partial charge >= 0.3 is 23.9 Å². The minimum atomic E-state index is -4.35. The number of hydrogen-bond donors (Lipinski definition) is 0. The van der Waals surface area contributed by atoms with Gasteiger partial charge in [0.05, 0.1) is 4.90 Å². The number of rotatable bonds is 7. The highest BCUT2D eigenvalue weighted by molar-refractivity contribution is 7.92. The zero-order chi connectivity index (χ0) is 24.9. The Morgan fingerprint density at radius 1 is 0.818 bits per heavy atom. The summed E-state index contributed by atoms with van der Waals surface area (Å²) in [5, 5.41) is 0. The van der Waals surface area contributed by atoms with Gasteiger partial charge in [-0.2, -0.15) is 0 Å². The van der Waals surface area contributed by atoms with Gasteiger partial charge in [-0.3, -0.25) is 19.2 Å². The minimum absolute atomic E-state index is 0.106. The molecule has 1 aliphatic heterocycles. The average molecular weight is 486 g/mol. The molecule has 12 heteroatoms. The molecule has 0 aromatic heterocycles. The van der Waals surface area contributed by atoms with E-state index in [9.17, 15) is 27.6 Å². The fourth-order valence-electron chi connectivity index (χ4n) is 3.44. The third-order valence-corrected chi connectivity index (χ3v) is 6.72. The predicted octanol–water partition coefficient (Wildman–Crippen LogP) is 0.852. The monoisotopic (exact) mass is 486 g/mol. The standard InChI is InChI=1S/C21H26O11S/c1-11-8-6-7-9-17(11)33(26,27)21-20(31-15(5)25)19(30-14(4)24)18(29-13(3)23)16(32-21)10-28-12(2)22/h6-9,16,18-21H,10H2,1-5H3/t16-,18-,19+,20-,21+/m1/s1. The lowest BCUT2D eigenvalue weighted by molar-refractivity contribution is -0.238. The van der Waals surface area contributed by atoms with Crippen LogP contribution in [0.4, 0.5) is 0 Å². The molecule has 33 heavy (non-hydrogen) atoms. The fraction of sp³-hybridized carbons (Fsp3) is 0.524. The van der Waals surface area contributed by atoms with Gasteiger partial charge in [0.1, 0.15) is 12.7 Å². The lowest BCUT2D eigenvalue weighted by Gasteiger charge is -2.44. The van der Waals surface area contributed by atoms with E-state index in [1.54, 1.807) is 19.1 Å². The molecule has 1 heterocycles. The Balaban J connectivity index is 2.65. The number of benzene rings is 1. The van der Waals surface area contributed by atoms with Crippen LogP contribution < -0.4 is 0 Å². The van der Waals surface area contributed by atoms with Crippen LogP contribution in [0.5, 0.6) is 0 Å². The minimum Gasteiger partial charge on any atom is -0.463 e. The van der Waals surface area contributed by atoms with Crippen molar-refractivity contribution in [2.75, 3.05) is 6.61 Å². The smallest absolute Gasteiger partial charge is 0.303 e. The first-order chi connectivity index (χ1) is 15.3. The van der Waals surface area contributed by atoms with Crippen LogP contribution in [0.3, 0.4) is 0 Å². The summed E-state index contributed by atoms with van der Waals surface area (Å²) in [6, 6.07) is 6.06. The zero-order valence-electron chi connectivity index (χ0n) is 18.8. The van der Waals surface area contributed by atoms with E-state index >= 15 is 0 Å². The van der Waals surface area contributed by atoms with Crippen molar-refractivity contribution >= 4 is 33.7 Å². The second-order valence-electron chi connectivity index (χ2n) is 7.38. The molecule has 0 radical (unpaired) electrons. The van der Waals surface area contributed by atoms with E-state index in [-0.39, 0.29) is 4.90 Å². The summed E-state index contributed by atoms with van der Waals surface area (Å²) in [6.07, 6.45) is -6.03. The van der Waals surface area contributed by atoms with Crippen molar-refractivity contribution in [1.29, 1.82) is 0 Å². The van der Waals surface area contributed by atoms with E-state index < -0.39 is 70.2 Å². The normalized spacial score (nSPS) is 24.9. The largest absolute Gasteiger partial charge is 0.463 e. The molecule has 11 nitrogen and oxygen atoms in total. The first-order valence-corrected chi connectivity index (χ1v) is 11.5. The Morgan fingerprint density at radius 3 is 1.85 bits per heavy atom. The van der Waals surface area contributed by atoms with Crippen molar-refractivity contribution in [3.8, 4) is 0 Å². The molecule has 182 valence electrons. The lowest BCUT2D eigenvalue weighted by Crippen LogP contribution is -2.64. The van der Waals surface area contributed by atoms with Crippen molar-refractivity contribution < 1.29 is 51.3 Å². The van der Waals surface area contributed by atoms with Gasteiger partial charge in [0.25, 0.3) is 0 Å². The second kappa shape index (κ2) is 10.8. The van der Waals surface area contributed by atoms with Gasteiger partial charge in [-0.15, -0.1) is 0 Å². The average Bonchev–Trinajstić information content (AvgIpc) is 2.68. The zero-order valence-corrected chi connectivity index (χ0v) is 19.6. The Kier molecular flexibility index (Phi) is 8.56. The number of hydrogen-bond acceptors (Lipinski definition) is 11. The SMILES string of the molecule is CC(=O)OC[C@H]1O[C@@H](S(=O)(=O)c2ccccc2C)[C@H](OC(C)=O)[C@@H](OC(C)=O)[C@@H]1OC(C)=O.